The van der Waals surface area contributed by atoms with Crippen molar-refractivity contribution in [2.24, 2.45) is 5.92 Å². The maximum Gasteiger partial charge on any atom is 0.323 e. The Hall–Kier alpha value is -1.06. The largest absolute Gasteiger partial charge is 0.480 e. The van der Waals surface area contributed by atoms with Crippen LogP contribution in [0, 0.1) is 5.92 Å². The molecular formula is C12H21NO3. The highest BCUT2D eigenvalue weighted by atomic mass is 16.4. The second-order valence-electron chi connectivity index (χ2n) is 4.63. The van der Waals surface area contributed by atoms with Crippen molar-refractivity contribution < 1.29 is 14.7 Å². The number of carboxylic acid groups (broad SMARTS) is 1. The Morgan fingerprint density at radius 3 is 2.12 bits per heavy atom. The van der Waals surface area contributed by atoms with Crippen molar-refractivity contribution in [3.8, 4) is 0 Å². The van der Waals surface area contributed by atoms with Gasteiger partial charge in [-0.15, -0.1) is 0 Å². The van der Waals surface area contributed by atoms with E-state index < -0.39 is 5.97 Å². The van der Waals surface area contributed by atoms with Gasteiger partial charge in [0.2, 0.25) is 5.91 Å². The Bertz CT molecular complexity index is 245. The lowest BCUT2D eigenvalue weighted by molar-refractivity contribution is -0.145. The summed E-state index contributed by atoms with van der Waals surface area (Å²) in [4.78, 5) is 23.8. The molecule has 0 aliphatic heterocycles. The number of carbonyl (C=O) groups is 2. The molecule has 1 saturated carbocycles. The number of carbonyl (C=O) groups excluding carboxylic acids is 1. The second kappa shape index (κ2) is 6.51. The molecule has 0 bridgehead atoms. The number of hydrogen-bond donors (Lipinski definition) is 1. The van der Waals surface area contributed by atoms with Crippen LogP contribution in [-0.2, 0) is 9.59 Å². The van der Waals surface area contributed by atoms with E-state index in [1.165, 1.54) is 24.2 Å². The minimum atomic E-state index is -0.943. The first-order chi connectivity index (χ1) is 7.61. The van der Waals surface area contributed by atoms with Gasteiger partial charge in [-0.2, -0.15) is 0 Å². The van der Waals surface area contributed by atoms with Gasteiger partial charge in [-0.25, -0.2) is 0 Å². The van der Waals surface area contributed by atoms with E-state index in [9.17, 15) is 9.59 Å². The summed E-state index contributed by atoms with van der Waals surface area (Å²) in [5, 5.41) is 8.64. The van der Waals surface area contributed by atoms with Gasteiger partial charge in [0.05, 0.1) is 0 Å². The van der Waals surface area contributed by atoms with Crippen molar-refractivity contribution in [3.05, 3.63) is 0 Å². The Kier molecular flexibility index (Phi) is 5.29. The van der Waals surface area contributed by atoms with Gasteiger partial charge in [-0.3, -0.25) is 9.59 Å². The summed E-state index contributed by atoms with van der Waals surface area (Å²) < 4.78 is 0. The summed E-state index contributed by atoms with van der Waals surface area (Å²) in [5.41, 5.74) is 0. The molecule has 4 nitrogen and oxygen atoms in total. The van der Waals surface area contributed by atoms with Crippen molar-refractivity contribution in [3.63, 3.8) is 0 Å². The second-order valence-corrected chi connectivity index (χ2v) is 4.63. The average molecular weight is 227 g/mol. The number of likely N-dealkylation sites (N-methyl/N-ethyl adjacent to an activating group) is 1. The van der Waals surface area contributed by atoms with Crippen molar-refractivity contribution >= 4 is 11.9 Å². The molecule has 0 radical (unpaired) electrons. The van der Waals surface area contributed by atoms with Crippen LogP contribution in [0.3, 0.4) is 0 Å². The molecule has 0 aromatic heterocycles. The zero-order valence-corrected chi connectivity index (χ0v) is 9.95. The van der Waals surface area contributed by atoms with E-state index in [4.69, 9.17) is 5.11 Å². The van der Waals surface area contributed by atoms with Crippen LogP contribution in [0.2, 0.25) is 0 Å². The summed E-state index contributed by atoms with van der Waals surface area (Å²) >= 11 is 0. The molecule has 0 aromatic carbocycles. The molecule has 1 aliphatic rings. The highest BCUT2D eigenvalue weighted by molar-refractivity contribution is 5.82. The van der Waals surface area contributed by atoms with E-state index >= 15 is 0 Å². The third kappa shape index (κ3) is 4.21. The molecule has 0 atom stereocenters. The van der Waals surface area contributed by atoms with Gasteiger partial charge in [0, 0.05) is 13.0 Å². The summed E-state index contributed by atoms with van der Waals surface area (Å²) in [6, 6.07) is 0. The third-order valence-electron chi connectivity index (χ3n) is 3.20. The zero-order valence-electron chi connectivity index (χ0n) is 9.95. The summed E-state index contributed by atoms with van der Waals surface area (Å²) in [6.45, 7) is -0.185. The molecule has 0 spiro atoms. The smallest absolute Gasteiger partial charge is 0.323 e. The maximum absolute atomic E-state index is 12.0. The van der Waals surface area contributed by atoms with Crippen molar-refractivity contribution in [2.75, 3.05) is 13.6 Å². The monoisotopic (exact) mass is 227 g/mol. The van der Waals surface area contributed by atoms with Gasteiger partial charge in [0.1, 0.15) is 6.54 Å². The van der Waals surface area contributed by atoms with Gasteiger partial charge in [0.15, 0.2) is 0 Å². The molecule has 0 saturated heterocycles. The highest BCUT2D eigenvalue weighted by Gasteiger charge is 2.23. The van der Waals surface area contributed by atoms with E-state index in [2.05, 4.69) is 0 Å². The Morgan fingerprint density at radius 2 is 1.62 bits per heavy atom. The SMILES string of the molecule is CN(CC(=O)O)C(=O)C1CCCCCCC1. The Balaban J connectivity index is 2.46. The quantitative estimate of drug-likeness (QED) is 0.801. The Morgan fingerprint density at radius 1 is 1.12 bits per heavy atom. The van der Waals surface area contributed by atoms with Crippen LogP contribution in [0.15, 0.2) is 0 Å². The number of hydrogen-bond acceptors (Lipinski definition) is 2. The average Bonchev–Trinajstić information content (AvgIpc) is 2.15. The topological polar surface area (TPSA) is 57.6 Å². The summed E-state index contributed by atoms with van der Waals surface area (Å²) in [7, 11) is 1.58. The molecule has 1 rings (SSSR count). The highest BCUT2D eigenvalue weighted by Crippen LogP contribution is 2.23. The fourth-order valence-electron chi connectivity index (χ4n) is 2.30. The van der Waals surface area contributed by atoms with E-state index in [0.29, 0.717) is 0 Å². The third-order valence-corrected chi connectivity index (χ3v) is 3.20. The fourth-order valence-corrected chi connectivity index (χ4v) is 2.30. The van der Waals surface area contributed by atoms with E-state index in [1.54, 1.807) is 7.05 Å². The van der Waals surface area contributed by atoms with Gasteiger partial charge < -0.3 is 10.0 Å². The van der Waals surface area contributed by atoms with Gasteiger partial charge in [-0.1, -0.05) is 32.1 Å². The standard InChI is InChI=1S/C12H21NO3/c1-13(9-11(14)15)12(16)10-7-5-3-2-4-6-8-10/h10H,2-9H2,1H3,(H,14,15). The molecule has 92 valence electrons. The molecule has 1 amide bonds. The lowest BCUT2D eigenvalue weighted by atomic mass is 9.90. The van der Waals surface area contributed by atoms with Crippen LogP contribution in [-0.4, -0.2) is 35.5 Å². The number of rotatable bonds is 3. The van der Waals surface area contributed by atoms with Gasteiger partial charge in [-0.05, 0) is 12.8 Å². The first kappa shape index (κ1) is 13.0. The molecule has 0 aromatic rings. The van der Waals surface area contributed by atoms with Crippen LogP contribution in [0.25, 0.3) is 0 Å². The summed E-state index contributed by atoms with van der Waals surface area (Å²) in [5.74, 6) is -0.893. The lowest BCUT2D eigenvalue weighted by Crippen LogP contribution is -2.36. The molecule has 0 unspecified atom stereocenters. The van der Waals surface area contributed by atoms with Crippen LogP contribution < -0.4 is 0 Å². The first-order valence-electron chi connectivity index (χ1n) is 6.08. The molecule has 16 heavy (non-hydrogen) atoms. The zero-order chi connectivity index (χ0) is 12.0. The van der Waals surface area contributed by atoms with Crippen LogP contribution in [0.5, 0.6) is 0 Å². The normalized spacial score (nSPS) is 18.6. The van der Waals surface area contributed by atoms with Crippen molar-refractivity contribution in [1.82, 2.24) is 4.90 Å². The molecule has 4 heteroatoms. The number of carboxylic acids is 1. The number of amides is 1. The van der Waals surface area contributed by atoms with Crippen molar-refractivity contribution in [2.45, 2.75) is 44.9 Å². The van der Waals surface area contributed by atoms with Crippen molar-refractivity contribution in [1.29, 1.82) is 0 Å². The number of aliphatic carboxylic acids is 1. The van der Waals surface area contributed by atoms with E-state index in [1.807, 2.05) is 0 Å². The van der Waals surface area contributed by atoms with E-state index in [0.717, 1.165) is 25.7 Å². The van der Waals surface area contributed by atoms with Crippen LogP contribution >= 0.6 is 0 Å². The molecule has 0 heterocycles. The minimum absolute atomic E-state index is 0.00398. The maximum atomic E-state index is 12.0. The molecular weight excluding hydrogens is 206 g/mol. The van der Waals surface area contributed by atoms with Crippen LogP contribution in [0.1, 0.15) is 44.9 Å². The molecule has 1 N–H and O–H groups in total. The minimum Gasteiger partial charge on any atom is -0.480 e. The van der Waals surface area contributed by atoms with Gasteiger partial charge >= 0.3 is 5.97 Å². The first-order valence-corrected chi connectivity index (χ1v) is 6.08. The predicted octanol–water partition coefficient (Wildman–Crippen LogP) is 1.89. The van der Waals surface area contributed by atoms with Crippen LogP contribution in [0.4, 0.5) is 0 Å². The van der Waals surface area contributed by atoms with Gasteiger partial charge in [0.25, 0.3) is 0 Å². The lowest BCUT2D eigenvalue weighted by Gasteiger charge is -2.23. The molecule has 1 aliphatic carbocycles. The summed E-state index contributed by atoms with van der Waals surface area (Å²) in [6.07, 6.45) is 7.70. The fraction of sp³-hybridized carbons (Fsp3) is 0.833. The number of nitrogens with zero attached hydrogens (tertiary/aromatic N) is 1. The van der Waals surface area contributed by atoms with E-state index in [-0.39, 0.29) is 18.4 Å². The predicted molar refractivity (Wildman–Crippen MR) is 61.1 cm³/mol. The Labute approximate surface area is 96.6 Å². The molecule has 1 fully saturated rings.